The third kappa shape index (κ3) is 3.14. The molecule has 0 bridgehead atoms. The Bertz CT molecular complexity index is 453. The van der Waals surface area contributed by atoms with Gasteiger partial charge < -0.3 is 5.11 Å². The van der Waals surface area contributed by atoms with E-state index in [-0.39, 0.29) is 0 Å². The summed E-state index contributed by atoms with van der Waals surface area (Å²) in [7, 11) is 1.79. The molecule has 1 atom stereocenters. The van der Waals surface area contributed by atoms with Crippen molar-refractivity contribution in [3.8, 4) is 0 Å². The van der Waals surface area contributed by atoms with Gasteiger partial charge in [0.2, 0.25) is 0 Å². The number of hydrogen-bond acceptors (Lipinski definition) is 3. The number of aromatic nitrogens is 3. The van der Waals surface area contributed by atoms with E-state index in [0.717, 1.165) is 25.0 Å². The number of aryl methyl sites for hydroxylation is 2. The number of nitrogens with zero attached hydrogens (tertiary/aromatic N) is 3. The first-order chi connectivity index (χ1) is 8.27. The van der Waals surface area contributed by atoms with Crippen LogP contribution < -0.4 is 0 Å². The quantitative estimate of drug-likeness (QED) is 0.854. The van der Waals surface area contributed by atoms with E-state index in [2.05, 4.69) is 22.4 Å². The number of rotatable bonds is 5. The molecule has 0 saturated heterocycles. The van der Waals surface area contributed by atoms with Gasteiger partial charge in [-0.2, -0.15) is 0 Å². The molecule has 0 aliphatic carbocycles. The fraction of sp³-hybridized carbons (Fsp3) is 0.385. The summed E-state index contributed by atoms with van der Waals surface area (Å²) < 4.78 is 1.62. The second-order valence-corrected chi connectivity index (χ2v) is 4.18. The van der Waals surface area contributed by atoms with Crippen molar-refractivity contribution in [3.05, 3.63) is 47.8 Å². The van der Waals surface area contributed by atoms with Crippen molar-refractivity contribution >= 4 is 0 Å². The van der Waals surface area contributed by atoms with E-state index >= 15 is 0 Å². The van der Waals surface area contributed by atoms with Crippen LogP contribution >= 0.6 is 0 Å². The predicted molar refractivity (Wildman–Crippen MR) is 65.3 cm³/mol. The van der Waals surface area contributed by atoms with Crippen LogP contribution in [0.4, 0.5) is 0 Å². The number of aliphatic hydroxyl groups excluding tert-OH is 1. The molecule has 0 saturated carbocycles. The summed E-state index contributed by atoms with van der Waals surface area (Å²) in [4.78, 5) is 0. The smallest absolute Gasteiger partial charge is 0.0973 e. The van der Waals surface area contributed by atoms with Gasteiger partial charge in [-0.25, -0.2) is 4.68 Å². The highest BCUT2D eigenvalue weighted by atomic mass is 16.3. The van der Waals surface area contributed by atoms with Crippen molar-refractivity contribution in [2.24, 2.45) is 7.05 Å². The van der Waals surface area contributed by atoms with Gasteiger partial charge in [0.05, 0.1) is 18.0 Å². The number of aliphatic hydroxyl groups is 1. The van der Waals surface area contributed by atoms with E-state index in [0.29, 0.717) is 0 Å². The lowest BCUT2D eigenvalue weighted by Gasteiger charge is -2.09. The lowest BCUT2D eigenvalue weighted by molar-refractivity contribution is 0.155. The molecule has 2 aromatic rings. The molecule has 1 aromatic carbocycles. The van der Waals surface area contributed by atoms with E-state index in [1.54, 1.807) is 17.9 Å². The molecule has 4 heteroatoms. The average Bonchev–Trinajstić information content (AvgIpc) is 2.77. The maximum absolute atomic E-state index is 9.97. The molecule has 0 spiro atoms. The normalized spacial score (nSPS) is 12.6. The van der Waals surface area contributed by atoms with Crippen molar-refractivity contribution in [2.45, 2.75) is 25.4 Å². The van der Waals surface area contributed by atoms with Gasteiger partial charge in [-0.1, -0.05) is 35.5 Å². The van der Waals surface area contributed by atoms with Crippen LogP contribution in [0.2, 0.25) is 0 Å². The molecule has 0 amide bonds. The van der Waals surface area contributed by atoms with Crippen molar-refractivity contribution in [2.75, 3.05) is 0 Å². The van der Waals surface area contributed by atoms with E-state index < -0.39 is 6.10 Å². The highest BCUT2D eigenvalue weighted by Gasteiger charge is 2.11. The summed E-state index contributed by atoms with van der Waals surface area (Å²) in [5.74, 6) is 0. The van der Waals surface area contributed by atoms with Crippen molar-refractivity contribution < 1.29 is 5.11 Å². The zero-order valence-corrected chi connectivity index (χ0v) is 9.95. The van der Waals surface area contributed by atoms with Crippen LogP contribution in [0, 0.1) is 0 Å². The van der Waals surface area contributed by atoms with E-state index in [4.69, 9.17) is 0 Å². The zero-order valence-electron chi connectivity index (χ0n) is 9.95. The topological polar surface area (TPSA) is 50.9 Å². The van der Waals surface area contributed by atoms with Crippen LogP contribution in [0.25, 0.3) is 0 Å². The average molecular weight is 231 g/mol. The van der Waals surface area contributed by atoms with Gasteiger partial charge in [-0.3, -0.25) is 0 Å². The van der Waals surface area contributed by atoms with Crippen LogP contribution in [0.5, 0.6) is 0 Å². The Morgan fingerprint density at radius 3 is 2.71 bits per heavy atom. The minimum Gasteiger partial charge on any atom is -0.387 e. The Kier molecular flexibility index (Phi) is 3.88. The summed E-state index contributed by atoms with van der Waals surface area (Å²) in [6.45, 7) is 0. The fourth-order valence-corrected chi connectivity index (χ4v) is 1.89. The van der Waals surface area contributed by atoms with Crippen LogP contribution in [0.3, 0.4) is 0 Å². The minimum atomic E-state index is -0.473. The summed E-state index contributed by atoms with van der Waals surface area (Å²) >= 11 is 0. The van der Waals surface area contributed by atoms with Crippen molar-refractivity contribution in [1.82, 2.24) is 15.0 Å². The molecule has 90 valence electrons. The SMILES string of the molecule is Cn1nncc1C(O)CCCc1ccccc1. The molecule has 0 aliphatic rings. The highest BCUT2D eigenvalue weighted by Crippen LogP contribution is 2.17. The van der Waals surface area contributed by atoms with E-state index in [9.17, 15) is 5.11 Å². The van der Waals surface area contributed by atoms with Crippen molar-refractivity contribution in [1.29, 1.82) is 0 Å². The molecule has 1 aromatic heterocycles. The van der Waals surface area contributed by atoms with E-state index in [1.807, 2.05) is 18.2 Å². The molecule has 2 rings (SSSR count). The summed E-state index contributed by atoms with van der Waals surface area (Å²) in [6, 6.07) is 10.3. The van der Waals surface area contributed by atoms with Gasteiger partial charge in [-0.15, -0.1) is 5.10 Å². The van der Waals surface area contributed by atoms with Gasteiger partial charge in [0.15, 0.2) is 0 Å². The standard InChI is InChI=1S/C13H17N3O/c1-16-12(10-14-15-16)13(17)9-5-8-11-6-3-2-4-7-11/h2-4,6-7,10,13,17H,5,8-9H2,1H3. The van der Waals surface area contributed by atoms with Gasteiger partial charge >= 0.3 is 0 Å². The fourth-order valence-electron chi connectivity index (χ4n) is 1.89. The zero-order chi connectivity index (χ0) is 12.1. The number of benzene rings is 1. The Morgan fingerprint density at radius 1 is 1.29 bits per heavy atom. The van der Waals surface area contributed by atoms with Gasteiger partial charge in [0, 0.05) is 7.05 Å². The molecule has 0 radical (unpaired) electrons. The molecule has 0 aliphatic heterocycles. The molecule has 1 unspecified atom stereocenters. The molecule has 0 fully saturated rings. The Labute approximate surface area is 101 Å². The van der Waals surface area contributed by atoms with Crippen LogP contribution in [-0.4, -0.2) is 20.1 Å². The largest absolute Gasteiger partial charge is 0.387 e. The first-order valence-corrected chi connectivity index (χ1v) is 5.84. The van der Waals surface area contributed by atoms with Crippen molar-refractivity contribution in [3.63, 3.8) is 0 Å². The van der Waals surface area contributed by atoms with E-state index in [1.165, 1.54) is 5.56 Å². The second kappa shape index (κ2) is 5.59. The van der Waals surface area contributed by atoms with Crippen LogP contribution in [-0.2, 0) is 13.5 Å². The first kappa shape index (κ1) is 11.8. The molecular formula is C13H17N3O. The molecule has 1 heterocycles. The van der Waals surface area contributed by atoms with Gasteiger partial charge in [0.1, 0.15) is 0 Å². The molecule has 1 N–H and O–H groups in total. The lowest BCUT2D eigenvalue weighted by Crippen LogP contribution is -2.05. The second-order valence-electron chi connectivity index (χ2n) is 4.18. The predicted octanol–water partition coefficient (Wildman–Crippen LogP) is 1.87. The summed E-state index contributed by atoms with van der Waals surface area (Å²) in [6.07, 6.45) is 3.82. The molecule has 4 nitrogen and oxygen atoms in total. The van der Waals surface area contributed by atoms with Gasteiger partial charge in [0.25, 0.3) is 0 Å². The first-order valence-electron chi connectivity index (χ1n) is 5.84. The third-order valence-electron chi connectivity index (χ3n) is 2.88. The Morgan fingerprint density at radius 2 is 2.06 bits per heavy atom. The Hall–Kier alpha value is -1.68. The van der Waals surface area contributed by atoms with Crippen LogP contribution in [0.1, 0.15) is 30.2 Å². The monoisotopic (exact) mass is 231 g/mol. The number of hydrogen-bond donors (Lipinski definition) is 1. The Balaban J connectivity index is 1.81. The third-order valence-corrected chi connectivity index (χ3v) is 2.88. The lowest BCUT2D eigenvalue weighted by atomic mass is 10.0. The summed E-state index contributed by atoms with van der Waals surface area (Å²) in [5.41, 5.74) is 2.08. The highest BCUT2D eigenvalue weighted by molar-refractivity contribution is 5.14. The maximum Gasteiger partial charge on any atom is 0.0973 e. The minimum absolute atomic E-state index is 0.473. The van der Waals surface area contributed by atoms with Crippen LogP contribution in [0.15, 0.2) is 36.5 Å². The molecule has 17 heavy (non-hydrogen) atoms. The molecular weight excluding hydrogens is 214 g/mol. The summed E-state index contributed by atoms with van der Waals surface area (Å²) in [5, 5.41) is 17.5. The maximum atomic E-state index is 9.97. The van der Waals surface area contributed by atoms with Gasteiger partial charge in [-0.05, 0) is 24.8 Å².